The van der Waals surface area contributed by atoms with Gasteiger partial charge in [-0.2, -0.15) is 4.98 Å². The third-order valence-electron chi connectivity index (χ3n) is 10.4. The molecule has 80 heavy (non-hydrogen) atoms. The number of hydrogen-bond acceptors (Lipinski definition) is 22. The lowest BCUT2D eigenvalue weighted by Crippen LogP contribution is -2.59. The Hall–Kier alpha value is -9.35. The van der Waals surface area contributed by atoms with Crippen LogP contribution < -0.4 is 60.0 Å². The molecule has 0 aliphatic rings. The van der Waals surface area contributed by atoms with Crippen LogP contribution in [0.5, 0.6) is 0 Å². The van der Waals surface area contributed by atoms with Crippen molar-refractivity contribution in [1.82, 2.24) is 51.8 Å². The summed E-state index contributed by atoms with van der Waals surface area (Å²) in [7, 11) is 2.02. The first kappa shape index (κ1) is 64.9. The molecule has 6 amide bonds. The summed E-state index contributed by atoms with van der Waals surface area (Å²) in [6.45, 7) is 1.07. The van der Waals surface area contributed by atoms with Crippen LogP contribution in [-0.4, -0.2) is 184 Å². The quantitative estimate of drug-likeness (QED) is 0.00873. The molecule has 434 valence electrons. The van der Waals surface area contributed by atoms with Crippen molar-refractivity contribution >= 4 is 122 Å². The number of ether oxygens (including phenoxy) is 1. The molecular formula is C44H57N15O19S2. The predicted molar refractivity (Wildman–Crippen MR) is 280 cm³/mol. The zero-order valence-corrected chi connectivity index (χ0v) is 43.8. The van der Waals surface area contributed by atoms with Gasteiger partial charge in [0.25, 0.3) is 11.5 Å². The third kappa shape index (κ3) is 23.5. The van der Waals surface area contributed by atoms with E-state index in [1.165, 1.54) is 37.4 Å². The Morgan fingerprint density at radius 1 is 0.688 bits per heavy atom. The minimum absolute atomic E-state index is 0.00793. The molecule has 0 spiro atoms. The largest absolute Gasteiger partial charge is 0.481 e. The van der Waals surface area contributed by atoms with Gasteiger partial charge in [0.2, 0.25) is 35.5 Å². The van der Waals surface area contributed by atoms with E-state index in [2.05, 4.69) is 56.8 Å². The molecule has 0 fully saturated rings. The Kier molecular flexibility index (Phi) is 26.3. The Bertz CT molecular complexity index is 2870. The number of carbonyl (C=O) groups excluding carboxylic acids is 7. The van der Waals surface area contributed by atoms with Crippen molar-refractivity contribution in [3.05, 3.63) is 52.1 Å². The van der Waals surface area contributed by atoms with Crippen molar-refractivity contribution in [3.8, 4) is 0 Å². The lowest BCUT2D eigenvalue weighted by Gasteiger charge is -2.26. The van der Waals surface area contributed by atoms with Gasteiger partial charge < -0.3 is 84.7 Å². The molecule has 2 aromatic heterocycles. The Balaban J connectivity index is 1.71. The van der Waals surface area contributed by atoms with Gasteiger partial charge in [-0.15, -0.1) is 0 Å². The van der Waals surface area contributed by atoms with Crippen molar-refractivity contribution in [2.75, 3.05) is 35.7 Å². The van der Waals surface area contributed by atoms with E-state index in [1.54, 1.807) is 0 Å². The zero-order chi connectivity index (χ0) is 59.6. The molecule has 0 bridgehead atoms. The maximum absolute atomic E-state index is 13.8. The number of carboxylic acid groups (broad SMARTS) is 5. The van der Waals surface area contributed by atoms with Crippen LogP contribution in [0.4, 0.5) is 11.6 Å². The van der Waals surface area contributed by atoms with Crippen LogP contribution in [0.25, 0.3) is 11.2 Å². The molecule has 0 unspecified atom stereocenters. The molecule has 0 saturated carbocycles. The molecular weight excluding hydrogens is 1110 g/mol. The maximum atomic E-state index is 13.8. The molecule has 19 N–H and O–H groups in total. The van der Waals surface area contributed by atoms with Crippen LogP contribution in [0.1, 0.15) is 67.9 Å². The molecule has 6 atom stereocenters. The van der Waals surface area contributed by atoms with Crippen LogP contribution in [0, 0.1) is 0 Å². The average molecular weight is 1160 g/mol. The number of H-pyrrole nitrogens is 1. The van der Waals surface area contributed by atoms with E-state index in [0.29, 0.717) is 11.4 Å². The lowest BCUT2D eigenvalue weighted by atomic mass is 10.1. The summed E-state index contributed by atoms with van der Waals surface area (Å²) in [5, 5.41) is 64.1. The number of fused-ring (bicyclic) bond motifs is 1. The minimum Gasteiger partial charge on any atom is -0.481 e. The number of anilines is 2. The van der Waals surface area contributed by atoms with E-state index >= 15 is 0 Å². The number of nitrogens with two attached hydrogens (primary N) is 3. The van der Waals surface area contributed by atoms with E-state index in [4.69, 9.17) is 21.9 Å². The molecule has 0 aliphatic carbocycles. The molecule has 0 saturated heterocycles. The van der Waals surface area contributed by atoms with E-state index < -0.39 is 152 Å². The van der Waals surface area contributed by atoms with E-state index in [0.717, 1.165) is 21.6 Å². The number of nitrogens with one attached hydrogen (secondary N) is 8. The summed E-state index contributed by atoms with van der Waals surface area (Å²) in [5.74, 6) is -16.8. The van der Waals surface area contributed by atoms with Crippen molar-refractivity contribution in [1.29, 1.82) is 0 Å². The maximum Gasteiger partial charge on any atom is 0.327 e. The smallest absolute Gasteiger partial charge is 0.327 e. The molecule has 36 heteroatoms. The van der Waals surface area contributed by atoms with Crippen LogP contribution in [-0.2, 0) is 64.0 Å². The van der Waals surface area contributed by atoms with Gasteiger partial charge in [0.1, 0.15) is 42.9 Å². The summed E-state index contributed by atoms with van der Waals surface area (Å²) in [6.07, 6.45) is -4.01. The van der Waals surface area contributed by atoms with Gasteiger partial charge in [0, 0.05) is 42.6 Å². The number of aromatic nitrogens is 4. The lowest BCUT2D eigenvalue weighted by molar-refractivity contribution is -0.144. The number of carbonyl (C=O) groups is 12. The number of esters is 1. The number of aliphatic imine (C=N–C) groups is 1. The van der Waals surface area contributed by atoms with Crippen molar-refractivity contribution in [2.24, 2.45) is 16.5 Å². The van der Waals surface area contributed by atoms with Crippen molar-refractivity contribution in [3.63, 3.8) is 0 Å². The monoisotopic (exact) mass is 1160 g/mol. The SMILES string of the molecule is CC(=O)OCCSSC[C@H](NC(=O)[C@H](CC(=O)O)NC(=O)[C@H](CC(=O)O)NC(=O)[C@H](CCCN=C(N)N)NC(=O)[C@H](CC(=O)O)NC(=O)CC[C@H](NC(=O)c1ccc(NCc2cnc3nc(N)[nH]c(=O)c3n2)cc1)C(=O)O)C(=O)O. The fraction of sp³-hybridized carbons (Fsp3) is 0.432. The highest BCUT2D eigenvalue weighted by molar-refractivity contribution is 8.76. The van der Waals surface area contributed by atoms with E-state index in [1.807, 2.05) is 5.32 Å². The molecule has 3 rings (SSSR count). The van der Waals surface area contributed by atoms with E-state index in [-0.39, 0.29) is 66.3 Å². The average Bonchev–Trinajstić information content (AvgIpc) is 3.37. The first-order valence-corrected chi connectivity index (χ1v) is 25.9. The summed E-state index contributed by atoms with van der Waals surface area (Å²) in [5.41, 5.74) is 16.5. The topological polar surface area (TPSA) is 561 Å². The molecule has 0 radical (unpaired) electrons. The second kappa shape index (κ2) is 32.4. The normalized spacial score (nSPS) is 13.0. The number of amides is 6. The highest BCUT2D eigenvalue weighted by atomic mass is 33.1. The van der Waals surface area contributed by atoms with Gasteiger partial charge in [0.15, 0.2) is 17.1 Å². The molecule has 1 aromatic carbocycles. The number of aliphatic carboxylic acids is 5. The molecule has 2 heterocycles. The minimum atomic E-state index is -2.13. The fourth-order valence-corrected chi connectivity index (χ4v) is 8.59. The summed E-state index contributed by atoms with van der Waals surface area (Å²) in [4.78, 5) is 182. The van der Waals surface area contributed by atoms with Gasteiger partial charge in [0.05, 0.1) is 37.7 Å². The summed E-state index contributed by atoms with van der Waals surface area (Å²) >= 11 is 0. The summed E-state index contributed by atoms with van der Waals surface area (Å²) in [6, 6.07) is -5.69. The second-order valence-corrected chi connectivity index (χ2v) is 19.3. The third-order valence-corrected chi connectivity index (χ3v) is 12.8. The molecule has 0 aliphatic heterocycles. The standard InChI is InChI=1S/C44H57N15O19S2/c1-19(60)78-11-12-79-80-18-28(42(76)77)57-39(72)27(15-32(66)67)56-38(71)26(14-31(64)65)55-36(69)23(3-2-10-48-43(45)46)53-37(70)25(13-30(62)63)52-29(61)9-8-24(41(74)75)54-35(68)20-4-6-21(7-5-20)49-16-22-17-50-34-33(51-22)40(73)59-44(47)58-34/h4-7,17,23-28,49H,2-3,8-16,18H2,1H3,(H,52,61)(H,53,70)(H,54,68)(H,55,69)(H,56,71)(H,57,72)(H,62,63)(H,64,65)(H,66,67)(H,74,75)(H,76,77)(H4,45,46,48)(H3,47,50,58,59,73)/t23-,24-,25-,26-,27-,28-/m0/s1. The van der Waals surface area contributed by atoms with Crippen LogP contribution in [0.2, 0.25) is 0 Å². The predicted octanol–water partition coefficient (Wildman–Crippen LogP) is -4.20. The Morgan fingerprint density at radius 3 is 1.76 bits per heavy atom. The van der Waals surface area contributed by atoms with Gasteiger partial charge in [-0.05, 0) is 43.5 Å². The number of guanidine groups is 1. The number of hydrogen-bond donors (Lipinski definition) is 16. The molecule has 3 aromatic rings. The Labute approximate surface area is 458 Å². The molecule has 34 nitrogen and oxygen atoms in total. The van der Waals surface area contributed by atoms with Gasteiger partial charge in [-0.1, -0.05) is 21.6 Å². The number of aromatic amines is 1. The number of benzene rings is 1. The van der Waals surface area contributed by atoms with Gasteiger partial charge >= 0.3 is 35.8 Å². The van der Waals surface area contributed by atoms with Gasteiger partial charge in [-0.3, -0.25) is 62.7 Å². The first-order valence-electron chi connectivity index (χ1n) is 23.4. The summed E-state index contributed by atoms with van der Waals surface area (Å²) < 4.78 is 4.77. The second-order valence-electron chi connectivity index (χ2n) is 16.7. The first-order chi connectivity index (χ1) is 37.7. The van der Waals surface area contributed by atoms with Crippen molar-refractivity contribution in [2.45, 2.75) is 94.7 Å². The number of rotatable bonds is 35. The van der Waals surface area contributed by atoms with E-state index in [9.17, 15) is 87.9 Å². The highest BCUT2D eigenvalue weighted by Gasteiger charge is 2.35. The fourth-order valence-electron chi connectivity index (χ4n) is 6.61. The van der Waals surface area contributed by atoms with Crippen LogP contribution in [0.3, 0.4) is 0 Å². The number of nitrogens with zero attached hydrogens (tertiary/aromatic N) is 4. The Morgan fingerprint density at radius 2 is 1.23 bits per heavy atom. The zero-order valence-electron chi connectivity index (χ0n) is 42.1. The number of nitrogen functional groups attached to an aromatic ring is 1. The van der Waals surface area contributed by atoms with Crippen LogP contribution in [0.15, 0.2) is 40.2 Å². The number of carboxylic acids is 5. The highest BCUT2D eigenvalue weighted by Crippen LogP contribution is 2.22. The van der Waals surface area contributed by atoms with Crippen LogP contribution >= 0.6 is 21.6 Å². The van der Waals surface area contributed by atoms with Crippen molar-refractivity contribution < 1.29 is 87.8 Å². The van der Waals surface area contributed by atoms with Gasteiger partial charge in [-0.25, -0.2) is 19.6 Å².